The van der Waals surface area contributed by atoms with Gasteiger partial charge >= 0.3 is 0 Å². The fraction of sp³-hybridized carbons (Fsp3) is 0.400. The maximum Gasteiger partial charge on any atom is 0.170 e. The molecule has 1 aliphatic rings. The highest BCUT2D eigenvalue weighted by atomic mass is 19.1. The van der Waals surface area contributed by atoms with E-state index in [4.69, 9.17) is 10.9 Å². The summed E-state index contributed by atoms with van der Waals surface area (Å²) in [6.07, 6.45) is 7.01. The molecule has 2 rings (SSSR count). The standard InChI is InChI=1S/C15H20FN3O/c16-13-6-5-12(14(9-13)15(17)19-20)10-18-8-7-11-3-1-2-4-11/h3,5-6,9,18,20H,1-2,4,7-8,10H2,(H2,17,19). The van der Waals surface area contributed by atoms with Crippen molar-refractivity contribution < 1.29 is 9.60 Å². The van der Waals surface area contributed by atoms with Gasteiger partial charge in [-0.05, 0) is 49.9 Å². The zero-order valence-electron chi connectivity index (χ0n) is 11.4. The maximum atomic E-state index is 13.2. The molecule has 0 heterocycles. The molecular weight excluding hydrogens is 257 g/mol. The van der Waals surface area contributed by atoms with Gasteiger partial charge in [-0.3, -0.25) is 0 Å². The Labute approximate surface area is 118 Å². The molecule has 0 aliphatic heterocycles. The average Bonchev–Trinajstić information content (AvgIpc) is 2.97. The van der Waals surface area contributed by atoms with Crippen LogP contribution in [0, 0.1) is 5.82 Å². The minimum absolute atomic E-state index is 0.0696. The quantitative estimate of drug-likeness (QED) is 0.187. The number of benzene rings is 1. The molecule has 0 spiro atoms. The SMILES string of the molecule is N/C(=N/O)c1cc(F)ccc1CNCCC1=CCCC1. The van der Waals surface area contributed by atoms with E-state index in [1.165, 1.54) is 37.0 Å². The van der Waals surface area contributed by atoms with Crippen molar-refractivity contribution in [2.24, 2.45) is 10.9 Å². The van der Waals surface area contributed by atoms with Crippen LogP contribution in [0.25, 0.3) is 0 Å². The van der Waals surface area contributed by atoms with Gasteiger partial charge < -0.3 is 16.3 Å². The van der Waals surface area contributed by atoms with Gasteiger partial charge in [0.1, 0.15) is 5.82 Å². The molecule has 0 radical (unpaired) electrons. The highest BCUT2D eigenvalue weighted by Crippen LogP contribution is 2.19. The number of hydrogen-bond acceptors (Lipinski definition) is 3. The second-order valence-electron chi connectivity index (χ2n) is 4.97. The molecule has 0 unspecified atom stereocenters. The first kappa shape index (κ1) is 14.5. The molecule has 1 aromatic carbocycles. The van der Waals surface area contributed by atoms with Crippen molar-refractivity contribution in [3.05, 3.63) is 46.8 Å². The Balaban J connectivity index is 1.91. The summed E-state index contributed by atoms with van der Waals surface area (Å²) in [4.78, 5) is 0. The third-order valence-corrected chi connectivity index (χ3v) is 3.53. The van der Waals surface area contributed by atoms with Crippen LogP contribution in [0.2, 0.25) is 0 Å². The zero-order valence-corrected chi connectivity index (χ0v) is 11.4. The first-order valence-corrected chi connectivity index (χ1v) is 6.85. The smallest absolute Gasteiger partial charge is 0.170 e. The fourth-order valence-corrected chi connectivity index (χ4v) is 2.43. The third kappa shape index (κ3) is 3.81. The van der Waals surface area contributed by atoms with Crippen molar-refractivity contribution in [2.45, 2.75) is 32.2 Å². The van der Waals surface area contributed by atoms with Crippen molar-refractivity contribution in [2.75, 3.05) is 6.54 Å². The van der Waals surface area contributed by atoms with Crippen LogP contribution in [-0.2, 0) is 6.54 Å². The average molecular weight is 277 g/mol. The summed E-state index contributed by atoms with van der Waals surface area (Å²) in [6, 6.07) is 4.32. The Hall–Kier alpha value is -1.88. The summed E-state index contributed by atoms with van der Waals surface area (Å²) in [5, 5.41) is 15.0. The first-order valence-electron chi connectivity index (χ1n) is 6.85. The lowest BCUT2D eigenvalue weighted by Gasteiger charge is -2.10. The van der Waals surface area contributed by atoms with E-state index >= 15 is 0 Å². The van der Waals surface area contributed by atoms with Gasteiger partial charge in [-0.25, -0.2) is 4.39 Å². The number of rotatable bonds is 6. The number of halogens is 1. The van der Waals surface area contributed by atoms with Gasteiger partial charge in [-0.2, -0.15) is 0 Å². The Morgan fingerprint density at radius 2 is 2.30 bits per heavy atom. The summed E-state index contributed by atoms with van der Waals surface area (Å²) < 4.78 is 13.2. The normalized spacial score (nSPS) is 15.4. The Kier molecular flexibility index (Phi) is 5.12. The van der Waals surface area contributed by atoms with E-state index in [-0.39, 0.29) is 5.84 Å². The predicted molar refractivity (Wildman–Crippen MR) is 77.2 cm³/mol. The molecule has 0 amide bonds. The number of nitrogens with zero attached hydrogens (tertiary/aromatic N) is 1. The first-order chi connectivity index (χ1) is 9.70. The lowest BCUT2D eigenvalue weighted by Crippen LogP contribution is -2.21. The van der Waals surface area contributed by atoms with E-state index in [1.54, 1.807) is 6.07 Å². The topological polar surface area (TPSA) is 70.6 Å². The Morgan fingerprint density at radius 3 is 3.00 bits per heavy atom. The molecule has 1 aromatic rings. The molecule has 0 fully saturated rings. The lowest BCUT2D eigenvalue weighted by atomic mass is 10.1. The van der Waals surface area contributed by atoms with Gasteiger partial charge in [-0.1, -0.05) is 22.9 Å². The van der Waals surface area contributed by atoms with Crippen LogP contribution in [0.1, 0.15) is 36.8 Å². The molecule has 0 bridgehead atoms. The second kappa shape index (κ2) is 7.05. The molecular formula is C15H20FN3O. The van der Waals surface area contributed by atoms with Crippen molar-refractivity contribution in [1.29, 1.82) is 0 Å². The van der Waals surface area contributed by atoms with Gasteiger partial charge in [0.15, 0.2) is 5.84 Å². The fourth-order valence-electron chi connectivity index (χ4n) is 2.43. The number of amidine groups is 1. The molecule has 0 saturated heterocycles. The lowest BCUT2D eigenvalue weighted by molar-refractivity contribution is 0.318. The maximum absolute atomic E-state index is 13.2. The van der Waals surface area contributed by atoms with E-state index in [0.717, 1.165) is 18.5 Å². The van der Waals surface area contributed by atoms with E-state index in [0.29, 0.717) is 12.1 Å². The van der Waals surface area contributed by atoms with Gasteiger partial charge in [0.2, 0.25) is 0 Å². The number of nitrogens with one attached hydrogen (secondary N) is 1. The molecule has 20 heavy (non-hydrogen) atoms. The monoisotopic (exact) mass is 277 g/mol. The molecule has 5 heteroatoms. The zero-order chi connectivity index (χ0) is 14.4. The van der Waals surface area contributed by atoms with Crippen LogP contribution in [-0.4, -0.2) is 17.6 Å². The van der Waals surface area contributed by atoms with E-state index in [9.17, 15) is 4.39 Å². The van der Waals surface area contributed by atoms with Crippen LogP contribution in [0.4, 0.5) is 4.39 Å². The summed E-state index contributed by atoms with van der Waals surface area (Å²) >= 11 is 0. The van der Waals surface area contributed by atoms with Crippen LogP contribution >= 0.6 is 0 Å². The minimum atomic E-state index is -0.397. The number of hydrogen-bond donors (Lipinski definition) is 3. The summed E-state index contributed by atoms with van der Waals surface area (Å²) in [6.45, 7) is 1.44. The van der Waals surface area contributed by atoms with E-state index < -0.39 is 5.82 Å². The van der Waals surface area contributed by atoms with Gasteiger partial charge in [-0.15, -0.1) is 0 Å². The second-order valence-corrected chi connectivity index (χ2v) is 4.97. The summed E-state index contributed by atoms with van der Waals surface area (Å²) in [5.41, 5.74) is 8.32. The molecule has 0 atom stereocenters. The van der Waals surface area contributed by atoms with Crippen molar-refractivity contribution >= 4 is 5.84 Å². The number of oxime groups is 1. The summed E-state index contributed by atoms with van der Waals surface area (Å²) in [7, 11) is 0. The number of allylic oxidation sites excluding steroid dienone is 1. The van der Waals surface area contributed by atoms with Crippen molar-refractivity contribution in [3.8, 4) is 0 Å². The molecule has 0 aromatic heterocycles. The Bertz CT molecular complexity index is 526. The van der Waals surface area contributed by atoms with Crippen LogP contribution in [0.5, 0.6) is 0 Å². The highest BCUT2D eigenvalue weighted by molar-refractivity contribution is 5.98. The molecule has 108 valence electrons. The number of nitrogens with two attached hydrogens (primary N) is 1. The third-order valence-electron chi connectivity index (χ3n) is 3.53. The Morgan fingerprint density at radius 1 is 1.45 bits per heavy atom. The molecule has 0 saturated carbocycles. The molecule has 1 aliphatic carbocycles. The minimum Gasteiger partial charge on any atom is -0.409 e. The van der Waals surface area contributed by atoms with Crippen molar-refractivity contribution in [3.63, 3.8) is 0 Å². The van der Waals surface area contributed by atoms with Crippen LogP contribution in [0.15, 0.2) is 35.0 Å². The van der Waals surface area contributed by atoms with Crippen molar-refractivity contribution in [1.82, 2.24) is 5.32 Å². The van der Waals surface area contributed by atoms with E-state index in [1.807, 2.05) is 0 Å². The van der Waals surface area contributed by atoms with Gasteiger partial charge in [0.05, 0.1) is 0 Å². The molecule has 4 N–H and O–H groups in total. The largest absolute Gasteiger partial charge is 0.409 e. The van der Waals surface area contributed by atoms with Gasteiger partial charge in [0.25, 0.3) is 0 Å². The predicted octanol–water partition coefficient (Wildman–Crippen LogP) is 2.51. The molecule has 4 nitrogen and oxygen atoms in total. The van der Waals surface area contributed by atoms with Gasteiger partial charge in [0, 0.05) is 12.1 Å². The van der Waals surface area contributed by atoms with Crippen LogP contribution < -0.4 is 11.1 Å². The highest BCUT2D eigenvalue weighted by Gasteiger charge is 2.09. The summed E-state index contributed by atoms with van der Waals surface area (Å²) in [5.74, 6) is -0.466. The van der Waals surface area contributed by atoms with E-state index in [2.05, 4.69) is 16.5 Å². The van der Waals surface area contributed by atoms with Crippen LogP contribution in [0.3, 0.4) is 0 Å².